The lowest BCUT2D eigenvalue weighted by Crippen LogP contribution is -2.58. The van der Waals surface area contributed by atoms with Crippen molar-refractivity contribution in [3.8, 4) is 5.75 Å². The molecule has 0 heterocycles. The van der Waals surface area contributed by atoms with E-state index in [1.165, 1.54) is 12.1 Å². The third kappa shape index (κ3) is 50.8. The highest BCUT2D eigenvalue weighted by molar-refractivity contribution is 7.58. The number of guanidine groups is 1. The number of amides is 10. The Labute approximate surface area is 620 Å². The number of primary amides is 1. The molecule has 0 saturated carbocycles. The molecule has 0 saturated heterocycles. The van der Waals surface area contributed by atoms with Crippen LogP contribution in [0, 0.1) is 11.8 Å². The van der Waals surface area contributed by atoms with Gasteiger partial charge in [-0.15, -0.1) is 0 Å². The number of aliphatic hydroxyl groups excluding tert-OH is 1. The van der Waals surface area contributed by atoms with Gasteiger partial charge in [-0.1, -0.05) is 32.4 Å². The number of phenols is 1. The molecular formula is C65H112N13O28P. The second-order valence-corrected chi connectivity index (χ2v) is 26.3. The molecule has 10 amide bonds. The van der Waals surface area contributed by atoms with Gasteiger partial charge in [-0.3, -0.25) is 67.1 Å². The number of hydrogen-bond acceptors (Lipinski definition) is 26. The summed E-state index contributed by atoms with van der Waals surface area (Å²) in [6.45, 7) is 4.46. The van der Waals surface area contributed by atoms with Crippen LogP contribution in [-0.4, -0.2) is 317 Å². The lowest BCUT2D eigenvalue weighted by molar-refractivity contribution is -0.142. The van der Waals surface area contributed by atoms with Gasteiger partial charge in [0.15, 0.2) is 5.96 Å². The number of phenolic OH excluding ortho intramolecular Hbond substituents is 1. The van der Waals surface area contributed by atoms with E-state index in [-0.39, 0.29) is 176 Å². The Morgan fingerprint density at radius 3 is 1.55 bits per heavy atom. The lowest BCUT2D eigenvalue weighted by atomic mass is 9.97. The van der Waals surface area contributed by atoms with Crippen molar-refractivity contribution < 1.29 is 135 Å². The van der Waals surface area contributed by atoms with Crippen LogP contribution >= 0.6 is 7.37 Å². The predicted octanol–water partition coefficient (Wildman–Crippen LogP) is -5.80. The van der Waals surface area contributed by atoms with Gasteiger partial charge in [-0.05, 0) is 42.9 Å². The largest absolute Gasteiger partial charge is 0.508 e. The fourth-order valence-corrected chi connectivity index (χ4v) is 10.8. The molecule has 0 aromatic heterocycles. The third-order valence-corrected chi connectivity index (χ3v) is 17.0. The number of rotatable bonds is 67. The molecule has 0 aliphatic heterocycles. The highest BCUT2D eigenvalue weighted by Gasteiger charge is 2.33. The number of carbonyl (C=O) groups is 12. The van der Waals surface area contributed by atoms with Crippen LogP contribution in [-0.2, 0) is 116 Å². The topological polar surface area (TPSA) is 614 Å². The van der Waals surface area contributed by atoms with Crippen molar-refractivity contribution in [3.05, 3.63) is 29.8 Å². The Balaban J connectivity index is 2.62. The van der Waals surface area contributed by atoms with E-state index in [4.69, 9.17) is 69.7 Å². The molecule has 610 valence electrons. The Hall–Kier alpha value is -8.32. The maximum Gasteiger partial charge on any atom is 0.307 e. The molecule has 8 unspecified atom stereocenters. The molecule has 1 aromatic carbocycles. The number of carboxylic acids is 2. The monoisotopic (exact) mass is 1550 g/mol. The standard InChI is InChI=1S/C65H112N13O28P/c1-4-44(2)58(63(92)73-40-55(84)76-51(41-79)62(91)77-48(59(66)88)6-5-15-72-65(67)68)78-61(90)49(38-45-7-10-47(80)11-8-45)74-53(82)13-19-98-25-29-103-32-28-101-22-18-71-60(89)50(75-56(85)42-106-36-35-105-34-33-102-24-23-97-3)39-54(83)70-17-21-100-27-31-104-30-26-99-20-16-69-52(81)14-37-107(95,96)43-46(64(93)94)9-12-57(86)87/h7-8,10-11,44,46,48-51,58,79-80H,4-6,9,12-43H2,1-3H3,(H2,66,88)(H,69,81)(H,70,83)(H,71,89)(H,73,92)(H,74,82)(H,75,85)(H,76,84)(H,77,91)(H,78,90)(H,86,87)(H,93,94)(H,95,96)(H4,67,68,72). The molecule has 0 bridgehead atoms. The molecule has 0 fully saturated rings. The number of nitrogens with two attached hydrogens (primary N) is 3. The highest BCUT2D eigenvalue weighted by atomic mass is 31.2. The first kappa shape index (κ1) is 96.7. The quantitative estimate of drug-likeness (QED) is 0.0125. The summed E-state index contributed by atoms with van der Waals surface area (Å²) in [4.78, 5) is 166. The third-order valence-electron chi connectivity index (χ3n) is 15.0. The molecule has 20 N–H and O–H groups in total. The van der Waals surface area contributed by atoms with Crippen LogP contribution in [0.5, 0.6) is 5.75 Å². The van der Waals surface area contributed by atoms with E-state index < -0.39 is 165 Å². The van der Waals surface area contributed by atoms with Crippen molar-refractivity contribution >= 4 is 84.3 Å². The molecule has 1 aromatic rings. The Kier molecular flexibility index (Phi) is 53.9. The van der Waals surface area contributed by atoms with Crippen LogP contribution in [0.25, 0.3) is 0 Å². The van der Waals surface area contributed by atoms with Crippen LogP contribution in [0.15, 0.2) is 29.3 Å². The first-order valence-electron chi connectivity index (χ1n) is 34.9. The predicted molar refractivity (Wildman–Crippen MR) is 380 cm³/mol. The zero-order valence-electron chi connectivity index (χ0n) is 61.1. The van der Waals surface area contributed by atoms with Gasteiger partial charge in [0, 0.05) is 71.3 Å². The summed E-state index contributed by atoms with van der Waals surface area (Å²) in [7, 11) is -2.47. The summed E-state index contributed by atoms with van der Waals surface area (Å²) >= 11 is 0. The van der Waals surface area contributed by atoms with E-state index in [2.05, 4.69) is 52.8 Å². The van der Waals surface area contributed by atoms with Gasteiger partial charge in [0.1, 0.15) is 42.6 Å². The second-order valence-electron chi connectivity index (χ2n) is 23.8. The number of nitrogens with zero attached hydrogens (tertiary/aromatic N) is 1. The number of nitrogens with one attached hydrogen (secondary N) is 9. The van der Waals surface area contributed by atoms with Gasteiger partial charge < -0.3 is 138 Å². The van der Waals surface area contributed by atoms with Gasteiger partial charge in [-0.2, -0.15) is 0 Å². The highest BCUT2D eigenvalue weighted by Crippen LogP contribution is 2.44. The van der Waals surface area contributed by atoms with Crippen LogP contribution in [0.2, 0.25) is 0 Å². The smallest absolute Gasteiger partial charge is 0.307 e. The number of carboxylic acid groups (broad SMARTS) is 2. The molecule has 0 spiro atoms. The number of hydrogen-bond donors (Lipinski definition) is 17. The zero-order valence-corrected chi connectivity index (χ0v) is 62.0. The van der Waals surface area contributed by atoms with E-state index in [1.807, 2.05) is 0 Å². The van der Waals surface area contributed by atoms with Gasteiger partial charge in [-0.25, -0.2) is 0 Å². The number of aliphatic carboxylic acids is 2. The minimum absolute atomic E-state index is 0.0142. The van der Waals surface area contributed by atoms with Gasteiger partial charge in [0.2, 0.25) is 66.4 Å². The summed E-state index contributed by atoms with van der Waals surface area (Å²) in [6.07, 6.45) is -2.29. The molecule has 41 nitrogen and oxygen atoms in total. The van der Waals surface area contributed by atoms with E-state index in [0.29, 0.717) is 31.8 Å². The number of aliphatic imine (C=N–C) groups is 1. The number of benzene rings is 1. The van der Waals surface area contributed by atoms with Crippen LogP contribution < -0.4 is 65.1 Å². The Morgan fingerprint density at radius 2 is 1.03 bits per heavy atom. The normalized spacial score (nSPS) is 13.7. The van der Waals surface area contributed by atoms with Gasteiger partial charge in [0.25, 0.3) is 0 Å². The lowest BCUT2D eigenvalue weighted by Gasteiger charge is -2.27. The SMILES string of the molecule is CCC(C)C(NC(=O)C(Cc1ccc(O)cc1)NC(=O)CCOCCOCCOCCNC(=O)C(CC(=O)NCCOCCOCCOCCNC(=O)CCP(=O)(O)CC(CCC(=O)O)C(=O)O)NC(=O)COCCOCCOCCOC)C(=O)NCC(=O)NC(CO)C(=O)NC(CCCN=C(N)N)C(N)=O. The van der Waals surface area contributed by atoms with Crippen LogP contribution in [0.4, 0.5) is 0 Å². The first-order chi connectivity index (χ1) is 51.1. The molecule has 42 heteroatoms. The van der Waals surface area contributed by atoms with Crippen LogP contribution in [0.3, 0.4) is 0 Å². The maximum absolute atomic E-state index is 13.9. The van der Waals surface area contributed by atoms with E-state index in [1.54, 1.807) is 33.1 Å². The second kappa shape index (κ2) is 59.7. The molecular weight excluding hydrogens is 1440 g/mol. The van der Waals surface area contributed by atoms with Crippen molar-refractivity contribution in [2.75, 3.05) is 184 Å². The molecule has 0 aliphatic carbocycles. The summed E-state index contributed by atoms with van der Waals surface area (Å²) < 4.78 is 66.5. The average Bonchev–Trinajstić information content (AvgIpc) is 0.862. The van der Waals surface area contributed by atoms with Gasteiger partial charge in [0.05, 0.1) is 144 Å². The maximum atomic E-state index is 13.9. The Bertz CT molecular complexity index is 2890. The Morgan fingerprint density at radius 1 is 0.523 bits per heavy atom. The van der Waals surface area contributed by atoms with Crippen molar-refractivity contribution in [1.82, 2.24) is 47.9 Å². The average molecular weight is 1550 g/mol. The number of carbonyl (C=O) groups excluding carboxylic acids is 10. The van der Waals surface area contributed by atoms with Crippen molar-refractivity contribution in [1.29, 1.82) is 0 Å². The van der Waals surface area contributed by atoms with E-state index in [0.717, 1.165) is 0 Å². The summed E-state index contributed by atoms with van der Waals surface area (Å²) in [5, 5.41) is 60.5. The fourth-order valence-electron chi connectivity index (χ4n) is 9.06. The first-order valence-corrected chi connectivity index (χ1v) is 36.9. The van der Waals surface area contributed by atoms with Crippen molar-refractivity contribution in [2.45, 2.75) is 102 Å². The number of aliphatic hydroxyl groups is 1. The van der Waals surface area contributed by atoms with E-state index >= 15 is 0 Å². The van der Waals surface area contributed by atoms with Crippen molar-refractivity contribution in [3.63, 3.8) is 0 Å². The number of ether oxygens (including phenoxy) is 10. The summed E-state index contributed by atoms with van der Waals surface area (Å²) in [5.41, 5.74) is 16.6. The van der Waals surface area contributed by atoms with Crippen LogP contribution in [0.1, 0.15) is 70.8 Å². The minimum atomic E-state index is -4.03. The van der Waals surface area contributed by atoms with E-state index in [9.17, 15) is 82.3 Å². The molecule has 107 heavy (non-hydrogen) atoms. The summed E-state index contributed by atoms with van der Waals surface area (Å²) in [6, 6.07) is -0.623. The molecule has 1 rings (SSSR count). The minimum Gasteiger partial charge on any atom is -0.508 e. The van der Waals surface area contributed by atoms with Gasteiger partial charge >= 0.3 is 11.9 Å². The van der Waals surface area contributed by atoms with Crippen molar-refractivity contribution in [2.24, 2.45) is 34.0 Å². The molecule has 8 atom stereocenters. The number of aromatic hydroxyl groups is 1. The molecule has 0 radical (unpaired) electrons. The fraction of sp³-hybridized carbons (Fsp3) is 0.708. The summed E-state index contributed by atoms with van der Waals surface area (Å²) in [5.74, 6) is -12.0. The number of methoxy groups -OCH3 is 1. The molecule has 0 aliphatic rings. The zero-order chi connectivity index (χ0) is 79.6.